The number of hydrogen-bond acceptors (Lipinski definition) is 6. The zero-order chi connectivity index (χ0) is 21.1. The first-order chi connectivity index (χ1) is 14.6. The van der Waals surface area contributed by atoms with Crippen molar-refractivity contribution >= 4 is 0 Å². The van der Waals surface area contributed by atoms with Crippen LogP contribution in [0.25, 0.3) is 0 Å². The zero-order valence-corrected chi connectivity index (χ0v) is 18.2. The van der Waals surface area contributed by atoms with Crippen molar-refractivity contribution < 1.29 is 19.3 Å². The zero-order valence-electron chi connectivity index (χ0n) is 18.2. The Labute approximate surface area is 178 Å². The maximum atomic E-state index is 11.8. The molecule has 0 spiro atoms. The molecule has 0 radical (unpaired) electrons. The first-order valence-corrected chi connectivity index (χ1v) is 10.8. The topological polar surface area (TPSA) is 69.0 Å². The van der Waals surface area contributed by atoms with Crippen molar-refractivity contribution in [2.75, 3.05) is 40.5 Å². The minimum Gasteiger partial charge on any atom is -0.493 e. The van der Waals surface area contributed by atoms with Gasteiger partial charge in [0.2, 0.25) is 0 Å². The van der Waals surface area contributed by atoms with Crippen LogP contribution in [0.5, 0.6) is 11.5 Å². The van der Waals surface area contributed by atoms with E-state index in [0.29, 0.717) is 13.2 Å². The van der Waals surface area contributed by atoms with E-state index in [1.165, 1.54) is 12.0 Å². The van der Waals surface area contributed by atoms with Crippen LogP contribution in [0.1, 0.15) is 30.7 Å². The largest absolute Gasteiger partial charge is 0.493 e. The Bertz CT molecular complexity index is 839. The number of likely N-dealkylation sites (tertiary alicyclic amines) is 1. The molecule has 164 valence electrons. The summed E-state index contributed by atoms with van der Waals surface area (Å²) in [6, 6.07) is 6.12. The molecule has 1 aromatic heterocycles. The van der Waals surface area contributed by atoms with Gasteiger partial charge in [-0.1, -0.05) is 12.5 Å². The molecule has 1 aromatic carbocycles. The van der Waals surface area contributed by atoms with Crippen LogP contribution in [-0.2, 0) is 23.9 Å². The minimum atomic E-state index is -0.832. The molecule has 30 heavy (non-hydrogen) atoms. The highest BCUT2D eigenvalue weighted by Gasteiger charge is 2.53. The molecule has 2 fully saturated rings. The third-order valence-corrected chi connectivity index (χ3v) is 6.67. The molecule has 4 rings (SSSR count). The van der Waals surface area contributed by atoms with E-state index in [-0.39, 0.29) is 11.8 Å². The second kappa shape index (κ2) is 8.96. The maximum absolute atomic E-state index is 11.8. The Balaban J connectivity index is 1.50. The number of benzene rings is 1. The number of aliphatic hydroxyl groups is 1. The van der Waals surface area contributed by atoms with E-state index >= 15 is 0 Å². The van der Waals surface area contributed by atoms with Gasteiger partial charge in [0.05, 0.1) is 13.7 Å². The fourth-order valence-corrected chi connectivity index (χ4v) is 5.21. The predicted molar refractivity (Wildman–Crippen MR) is 114 cm³/mol. The first-order valence-electron chi connectivity index (χ1n) is 10.8. The van der Waals surface area contributed by atoms with Gasteiger partial charge in [0.1, 0.15) is 18.0 Å². The smallest absolute Gasteiger partial charge is 0.161 e. The third kappa shape index (κ3) is 3.94. The SMILES string of the molecule is COCCOc1cc(CN2C[C@@H]3CCC[C@@H](C2)C3(O)c2nccn2C)ccc1OC. The lowest BCUT2D eigenvalue weighted by molar-refractivity contribution is -0.155. The van der Waals surface area contributed by atoms with Crippen molar-refractivity contribution in [3.8, 4) is 11.5 Å². The summed E-state index contributed by atoms with van der Waals surface area (Å²) in [4.78, 5) is 6.99. The molecule has 7 nitrogen and oxygen atoms in total. The van der Waals surface area contributed by atoms with Gasteiger partial charge in [0.15, 0.2) is 11.5 Å². The van der Waals surface area contributed by atoms with E-state index in [1.807, 2.05) is 23.9 Å². The standard InChI is InChI=1S/C23H33N3O4/c1-25-10-9-24-22(25)23(27)18-5-4-6-19(23)16-26(15-18)14-17-7-8-20(29-3)21(13-17)30-12-11-28-2/h7-10,13,18-19,27H,4-6,11-12,14-16H2,1-3H3/t18-,19-/m0/s1. The van der Waals surface area contributed by atoms with E-state index in [1.54, 1.807) is 20.4 Å². The number of methoxy groups -OCH3 is 2. The molecular formula is C23H33N3O4. The molecule has 2 atom stereocenters. The average molecular weight is 416 g/mol. The lowest BCUT2D eigenvalue weighted by Crippen LogP contribution is -2.58. The molecule has 1 saturated carbocycles. The van der Waals surface area contributed by atoms with Gasteiger partial charge in [0.25, 0.3) is 0 Å². The minimum absolute atomic E-state index is 0.196. The van der Waals surface area contributed by atoms with E-state index in [9.17, 15) is 5.11 Å². The van der Waals surface area contributed by atoms with Crippen molar-refractivity contribution in [2.24, 2.45) is 18.9 Å². The van der Waals surface area contributed by atoms with Crippen molar-refractivity contribution in [1.82, 2.24) is 14.5 Å². The first kappa shape index (κ1) is 21.2. The third-order valence-electron chi connectivity index (χ3n) is 6.67. The van der Waals surface area contributed by atoms with Crippen molar-refractivity contribution in [1.29, 1.82) is 0 Å². The number of fused-ring (bicyclic) bond motifs is 2. The van der Waals surface area contributed by atoms with Crippen molar-refractivity contribution in [2.45, 2.75) is 31.4 Å². The van der Waals surface area contributed by atoms with Gasteiger partial charge in [0, 0.05) is 58.0 Å². The molecule has 0 unspecified atom stereocenters. The lowest BCUT2D eigenvalue weighted by Gasteiger charge is -2.52. The number of nitrogens with zero attached hydrogens (tertiary/aromatic N) is 3. The van der Waals surface area contributed by atoms with Crippen LogP contribution in [0.4, 0.5) is 0 Å². The van der Waals surface area contributed by atoms with Gasteiger partial charge in [-0.25, -0.2) is 4.98 Å². The fourth-order valence-electron chi connectivity index (χ4n) is 5.21. The Kier molecular flexibility index (Phi) is 6.32. The van der Waals surface area contributed by atoms with Crippen molar-refractivity contribution in [3.05, 3.63) is 42.0 Å². The van der Waals surface area contributed by atoms with Crippen LogP contribution in [0.2, 0.25) is 0 Å². The molecule has 2 bridgehead atoms. The predicted octanol–water partition coefficient (Wildman–Crippen LogP) is 2.57. The summed E-state index contributed by atoms with van der Waals surface area (Å²) < 4.78 is 18.4. The monoisotopic (exact) mass is 415 g/mol. The van der Waals surface area contributed by atoms with Gasteiger partial charge in [-0.05, 0) is 30.5 Å². The second-order valence-corrected chi connectivity index (χ2v) is 8.53. The fraction of sp³-hybridized carbons (Fsp3) is 0.609. The Morgan fingerprint density at radius 3 is 2.53 bits per heavy atom. The molecule has 2 aliphatic rings. The van der Waals surface area contributed by atoms with Crippen LogP contribution in [0.15, 0.2) is 30.6 Å². The summed E-state index contributed by atoms with van der Waals surface area (Å²) in [6.45, 7) is 3.58. The highest BCUT2D eigenvalue weighted by molar-refractivity contribution is 5.43. The highest BCUT2D eigenvalue weighted by Crippen LogP contribution is 2.48. The van der Waals surface area contributed by atoms with E-state index in [2.05, 4.69) is 22.0 Å². The van der Waals surface area contributed by atoms with Crippen LogP contribution in [0, 0.1) is 11.8 Å². The number of piperidine rings is 1. The molecular weight excluding hydrogens is 382 g/mol. The van der Waals surface area contributed by atoms with E-state index < -0.39 is 5.60 Å². The van der Waals surface area contributed by atoms with E-state index in [0.717, 1.165) is 49.8 Å². The van der Waals surface area contributed by atoms with Crippen LogP contribution >= 0.6 is 0 Å². The molecule has 1 saturated heterocycles. The van der Waals surface area contributed by atoms with Gasteiger partial charge < -0.3 is 23.9 Å². The van der Waals surface area contributed by atoms with E-state index in [4.69, 9.17) is 14.2 Å². The summed E-state index contributed by atoms with van der Waals surface area (Å²) in [5.74, 6) is 2.68. The quantitative estimate of drug-likeness (QED) is 0.669. The Hall–Kier alpha value is -2.09. The molecule has 1 N–H and O–H groups in total. The molecule has 7 heteroatoms. The van der Waals surface area contributed by atoms with Crippen LogP contribution in [0.3, 0.4) is 0 Å². The summed E-state index contributed by atoms with van der Waals surface area (Å²) in [5, 5.41) is 11.8. The summed E-state index contributed by atoms with van der Waals surface area (Å²) in [7, 11) is 5.30. The van der Waals surface area contributed by atoms with Gasteiger partial charge in [-0.15, -0.1) is 0 Å². The Morgan fingerprint density at radius 2 is 1.90 bits per heavy atom. The lowest BCUT2D eigenvalue weighted by atomic mass is 9.65. The normalized spacial score (nSPS) is 26.5. The number of imidazole rings is 1. The molecule has 1 aliphatic carbocycles. The summed E-state index contributed by atoms with van der Waals surface area (Å²) in [5.41, 5.74) is 0.352. The van der Waals surface area contributed by atoms with Gasteiger partial charge in [-0.2, -0.15) is 0 Å². The number of rotatable bonds is 8. The number of aromatic nitrogens is 2. The molecule has 1 aliphatic heterocycles. The Morgan fingerprint density at radius 1 is 1.13 bits per heavy atom. The average Bonchev–Trinajstić information content (AvgIpc) is 3.16. The number of hydrogen-bond donors (Lipinski definition) is 1. The number of ether oxygens (including phenoxy) is 3. The maximum Gasteiger partial charge on any atom is 0.161 e. The molecule has 2 heterocycles. The van der Waals surface area contributed by atoms with Gasteiger partial charge in [-0.3, -0.25) is 4.90 Å². The molecule has 2 aromatic rings. The van der Waals surface area contributed by atoms with Gasteiger partial charge >= 0.3 is 0 Å². The van der Waals surface area contributed by atoms with Crippen molar-refractivity contribution in [3.63, 3.8) is 0 Å². The summed E-state index contributed by atoms with van der Waals surface area (Å²) in [6.07, 6.45) is 6.96. The summed E-state index contributed by atoms with van der Waals surface area (Å²) >= 11 is 0. The van der Waals surface area contributed by atoms with Crippen LogP contribution in [-0.4, -0.2) is 60.1 Å². The number of aryl methyl sites for hydroxylation is 1. The molecule has 0 amide bonds. The van der Waals surface area contributed by atoms with Crippen LogP contribution < -0.4 is 9.47 Å². The second-order valence-electron chi connectivity index (χ2n) is 8.53. The highest BCUT2D eigenvalue weighted by atomic mass is 16.5.